The van der Waals surface area contributed by atoms with E-state index in [1.54, 1.807) is 6.07 Å². The molecule has 1 saturated carbocycles. The number of aromatic nitrogens is 1. The quantitative estimate of drug-likeness (QED) is 0.262. The molecule has 0 amide bonds. The van der Waals surface area contributed by atoms with Gasteiger partial charge in [0.1, 0.15) is 4.90 Å². The Bertz CT molecular complexity index is 698. The van der Waals surface area contributed by atoms with E-state index in [0.29, 0.717) is 19.0 Å². The normalized spacial score (nSPS) is 17.3. The van der Waals surface area contributed by atoms with Crippen LogP contribution in [0, 0.1) is 5.41 Å². The molecular formula is C19H33N5O3S. The summed E-state index contributed by atoms with van der Waals surface area (Å²) in [6, 6.07) is 3.11. The van der Waals surface area contributed by atoms with E-state index in [1.165, 1.54) is 37.7 Å². The van der Waals surface area contributed by atoms with Gasteiger partial charge in [-0.1, -0.05) is 19.3 Å². The monoisotopic (exact) mass is 411 g/mol. The Hall–Kier alpha value is -1.71. The first-order valence-electron chi connectivity index (χ1n) is 10.0. The molecule has 8 nitrogen and oxygen atoms in total. The number of sulfonamides is 1. The van der Waals surface area contributed by atoms with Gasteiger partial charge in [0.15, 0.2) is 5.96 Å². The predicted octanol–water partition coefficient (Wildman–Crippen LogP) is 1.25. The zero-order chi connectivity index (χ0) is 20.3. The van der Waals surface area contributed by atoms with Crippen LogP contribution in [0.25, 0.3) is 0 Å². The van der Waals surface area contributed by atoms with E-state index in [1.807, 2.05) is 6.92 Å². The SMILES string of the molecule is CCNC(=NCC1(CCO)CCCCC1)NCCNS(=O)(=O)c1cccnc1. The van der Waals surface area contributed by atoms with Crippen LogP contribution in [-0.4, -0.2) is 57.3 Å². The number of hydrogen-bond acceptors (Lipinski definition) is 5. The van der Waals surface area contributed by atoms with Gasteiger partial charge in [0.05, 0.1) is 0 Å². The highest BCUT2D eigenvalue weighted by molar-refractivity contribution is 7.89. The lowest BCUT2D eigenvalue weighted by atomic mass is 9.72. The van der Waals surface area contributed by atoms with E-state index in [2.05, 4.69) is 20.3 Å². The summed E-state index contributed by atoms with van der Waals surface area (Å²) in [5.74, 6) is 0.672. The first-order valence-corrected chi connectivity index (χ1v) is 11.5. The maximum atomic E-state index is 12.2. The molecule has 158 valence electrons. The van der Waals surface area contributed by atoms with Crippen LogP contribution in [0.15, 0.2) is 34.4 Å². The molecular weight excluding hydrogens is 378 g/mol. The summed E-state index contributed by atoms with van der Waals surface area (Å²) >= 11 is 0. The maximum Gasteiger partial charge on any atom is 0.242 e. The highest BCUT2D eigenvalue weighted by Gasteiger charge is 2.31. The topological polar surface area (TPSA) is 116 Å². The molecule has 4 N–H and O–H groups in total. The van der Waals surface area contributed by atoms with Crippen molar-refractivity contribution in [2.75, 3.05) is 32.8 Å². The van der Waals surface area contributed by atoms with Gasteiger partial charge < -0.3 is 15.7 Å². The standard InChI is InChI=1S/C19H33N5O3S/c1-2-21-18(23-16-19(10-14-25)8-4-3-5-9-19)22-12-13-24-28(26,27)17-7-6-11-20-15-17/h6-7,11,15,24-25H,2-5,8-10,12-14,16H2,1H3,(H2,21,22,23). The molecule has 1 fully saturated rings. The van der Waals surface area contributed by atoms with Crippen molar-refractivity contribution < 1.29 is 13.5 Å². The molecule has 0 spiro atoms. The van der Waals surface area contributed by atoms with Gasteiger partial charge in [0, 0.05) is 45.2 Å². The van der Waals surface area contributed by atoms with Crippen molar-refractivity contribution in [2.24, 2.45) is 10.4 Å². The van der Waals surface area contributed by atoms with E-state index in [-0.39, 0.29) is 23.5 Å². The van der Waals surface area contributed by atoms with E-state index < -0.39 is 10.0 Å². The van der Waals surface area contributed by atoms with Crippen molar-refractivity contribution in [1.82, 2.24) is 20.3 Å². The third kappa shape index (κ3) is 7.03. The molecule has 1 aromatic rings. The maximum absolute atomic E-state index is 12.2. The number of rotatable bonds is 10. The Morgan fingerprint density at radius 3 is 2.68 bits per heavy atom. The molecule has 1 aliphatic rings. The summed E-state index contributed by atoms with van der Waals surface area (Å²) in [5.41, 5.74) is 0.0806. The smallest absolute Gasteiger partial charge is 0.242 e. The van der Waals surface area contributed by atoms with E-state index in [0.717, 1.165) is 25.8 Å². The van der Waals surface area contributed by atoms with Gasteiger partial charge >= 0.3 is 0 Å². The van der Waals surface area contributed by atoms with E-state index in [4.69, 9.17) is 4.99 Å². The van der Waals surface area contributed by atoms with Gasteiger partial charge in [-0.25, -0.2) is 13.1 Å². The number of aliphatic hydroxyl groups excluding tert-OH is 1. The van der Waals surface area contributed by atoms with E-state index in [9.17, 15) is 13.5 Å². The van der Waals surface area contributed by atoms with Gasteiger partial charge in [0.2, 0.25) is 10.0 Å². The fourth-order valence-electron chi connectivity index (χ4n) is 3.57. The molecule has 1 heterocycles. The number of pyridine rings is 1. The number of nitrogens with one attached hydrogen (secondary N) is 3. The fourth-order valence-corrected chi connectivity index (χ4v) is 4.57. The first kappa shape index (κ1) is 22.6. The predicted molar refractivity (Wildman–Crippen MR) is 111 cm³/mol. The van der Waals surface area contributed by atoms with Crippen LogP contribution < -0.4 is 15.4 Å². The van der Waals surface area contributed by atoms with Crippen molar-refractivity contribution in [3.05, 3.63) is 24.5 Å². The summed E-state index contributed by atoms with van der Waals surface area (Å²) in [6.45, 7) is 4.23. The zero-order valence-corrected chi connectivity index (χ0v) is 17.5. The summed E-state index contributed by atoms with van der Waals surface area (Å²) < 4.78 is 27.0. The molecule has 0 radical (unpaired) electrons. The average Bonchev–Trinajstić information content (AvgIpc) is 2.71. The number of nitrogens with zero attached hydrogens (tertiary/aromatic N) is 2. The zero-order valence-electron chi connectivity index (χ0n) is 16.7. The van der Waals surface area contributed by atoms with Gasteiger partial charge in [0.25, 0.3) is 0 Å². The molecule has 1 aromatic heterocycles. The van der Waals surface area contributed by atoms with Crippen molar-refractivity contribution in [2.45, 2.75) is 50.3 Å². The second-order valence-corrected chi connectivity index (χ2v) is 9.01. The molecule has 1 aliphatic carbocycles. The Labute approximate surface area is 168 Å². The third-order valence-corrected chi connectivity index (χ3v) is 6.57. The molecule has 0 bridgehead atoms. The average molecular weight is 412 g/mol. The minimum Gasteiger partial charge on any atom is -0.396 e. The molecule has 0 atom stereocenters. The molecule has 0 aromatic carbocycles. The lowest BCUT2D eigenvalue weighted by molar-refractivity contribution is 0.137. The lowest BCUT2D eigenvalue weighted by Gasteiger charge is -2.35. The second kappa shape index (κ2) is 11.3. The highest BCUT2D eigenvalue weighted by atomic mass is 32.2. The lowest BCUT2D eigenvalue weighted by Crippen LogP contribution is -2.42. The van der Waals surface area contributed by atoms with Crippen molar-refractivity contribution in [3.63, 3.8) is 0 Å². The van der Waals surface area contributed by atoms with E-state index >= 15 is 0 Å². The molecule has 0 unspecified atom stereocenters. The van der Waals surface area contributed by atoms with Gasteiger partial charge in [-0.05, 0) is 43.7 Å². The van der Waals surface area contributed by atoms with Crippen LogP contribution in [0.4, 0.5) is 0 Å². The summed E-state index contributed by atoms with van der Waals surface area (Å²) in [5, 5.41) is 15.8. The number of aliphatic imine (C=N–C) groups is 1. The Balaban J connectivity index is 1.87. The van der Waals surface area contributed by atoms with Crippen LogP contribution in [-0.2, 0) is 10.0 Å². The Kier molecular flexibility index (Phi) is 9.14. The highest BCUT2D eigenvalue weighted by Crippen LogP contribution is 2.39. The summed E-state index contributed by atoms with van der Waals surface area (Å²) in [6.07, 6.45) is 9.47. The first-order chi connectivity index (χ1) is 13.5. The second-order valence-electron chi connectivity index (χ2n) is 7.24. The molecule has 2 rings (SSSR count). The van der Waals surface area contributed by atoms with Crippen LogP contribution in [0.1, 0.15) is 45.4 Å². The molecule has 0 aliphatic heterocycles. The Morgan fingerprint density at radius 2 is 2.04 bits per heavy atom. The number of hydrogen-bond donors (Lipinski definition) is 4. The third-order valence-electron chi connectivity index (χ3n) is 5.13. The fraction of sp³-hybridized carbons (Fsp3) is 0.684. The number of aliphatic hydroxyl groups is 1. The van der Waals surface area contributed by atoms with Crippen molar-refractivity contribution in [1.29, 1.82) is 0 Å². The van der Waals surface area contributed by atoms with Crippen molar-refractivity contribution >= 4 is 16.0 Å². The minimum absolute atomic E-state index is 0.0806. The molecule has 0 saturated heterocycles. The Morgan fingerprint density at radius 1 is 1.25 bits per heavy atom. The van der Waals surface area contributed by atoms with Crippen LogP contribution in [0.2, 0.25) is 0 Å². The largest absolute Gasteiger partial charge is 0.396 e. The van der Waals surface area contributed by atoms with Gasteiger partial charge in [-0.3, -0.25) is 9.98 Å². The molecule has 28 heavy (non-hydrogen) atoms. The van der Waals surface area contributed by atoms with Crippen LogP contribution in [0.5, 0.6) is 0 Å². The number of guanidine groups is 1. The minimum atomic E-state index is -3.56. The van der Waals surface area contributed by atoms with Crippen LogP contribution >= 0.6 is 0 Å². The summed E-state index contributed by atoms with van der Waals surface area (Å²) in [4.78, 5) is 8.71. The summed E-state index contributed by atoms with van der Waals surface area (Å²) in [7, 11) is -3.56. The van der Waals surface area contributed by atoms with Gasteiger partial charge in [-0.2, -0.15) is 0 Å². The van der Waals surface area contributed by atoms with Crippen molar-refractivity contribution in [3.8, 4) is 0 Å². The van der Waals surface area contributed by atoms with Crippen LogP contribution in [0.3, 0.4) is 0 Å². The van der Waals surface area contributed by atoms with Gasteiger partial charge in [-0.15, -0.1) is 0 Å². The molecule has 9 heteroatoms.